The Kier molecular flexibility index (Phi) is 4.71. The summed E-state index contributed by atoms with van der Waals surface area (Å²) in [5, 5.41) is 4.18. The van der Waals surface area contributed by atoms with Gasteiger partial charge in [0.1, 0.15) is 12.4 Å². The van der Waals surface area contributed by atoms with Crippen LogP contribution in [-0.2, 0) is 6.61 Å². The highest BCUT2D eigenvalue weighted by molar-refractivity contribution is 5.98. The van der Waals surface area contributed by atoms with E-state index >= 15 is 0 Å². The number of para-hydroxylation sites is 1. The van der Waals surface area contributed by atoms with E-state index in [0.717, 1.165) is 11.3 Å². The van der Waals surface area contributed by atoms with Crippen molar-refractivity contribution in [3.8, 4) is 5.75 Å². The van der Waals surface area contributed by atoms with E-state index in [9.17, 15) is 4.79 Å². The summed E-state index contributed by atoms with van der Waals surface area (Å²) in [6, 6.07) is 17.1. The average Bonchev–Trinajstić information content (AvgIpc) is 3.44. The van der Waals surface area contributed by atoms with Gasteiger partial charge in [-0.25, -0.2) is 5.43 Å². The second kappa shape index (κ2) is 7.09. The number of nitrogens with one attached hydrogen (secondary N) is 1. The number of hydrogen-bond acceptors (Lipinski definition) is 3. The summed E-state index contributed by atoms with van der Waals surface area (Å²) in [7, 11) is 0. The van der Waals surface area contributed by atoms with Crippen molar-refractivity contribution in [3.05, 3.63) is 65.7 Å². The van der Waals surface area contributed by atoms with Gasteiger partial charge in [-0.1, -0.05) is 42.5 Å². The van der Waals surface area contributed by atoms with Crippen LogP contribution >= 0.6 is 0 Å². The molecule has 4 nitrogen and oxygen atoms in total. The molecule has 2 aromatic carbocycles. The highest BCUT2D eigenvalue weighted by atomic mass is 16.5. The van der Waals surface area contributed by atoms with Crippen LogP contribution in [0.2, 0.25) is 0 Å². The van der Waals surface area contributed by atoms with Gasteiger partial charge in [0.25, 0.3) is 5.91 Å². The fourth-order valence-electron chi connectivity index (χ4n) is 2.31. The van der Waals surface area contributed by atoms with E-state index in [0.29, 0.717) is 23.8 Å². The number of carbonyl (C=O) groups is 1. The fourth-order valence-corrected chi connectivity index (χ4v) is 2.31. The predicted molar refractivity (Wildman–Crippen MR) is 90.5 cm³/mol. The van der Waals surface area contributed by atoms with Gasteiger partial charge in [0.2, 0.25) is 0 Å². The average molecular weight is 308 g/mol. The normalized spacial score (nSPS) is 14.4. The number of rotatable bonds is 6. The Balaban J connectivity index is 1.67. The van der Waals surface area contributed by atoms with E-state index in [1.165, 1.54) is 12.8 Å². The summed E-state index contributed by atoms with van der Waals surface area (Å²) in [5.41, 5.74) is 5.17. The molecule has 23 heavy (non-hydrogen) atoms. The summed E-state index contributed by atoms with van der Waals surface area (Å²) in [6.45, 7) is 2.38. The van der Waals surface area contributed by atoms with E-state index in [1.54, 1.807) is 12.1 Å². The molecule has 3 rings (SSSR count). The zero-order chi connectivity index (χ0) is 16.1. The van der Waals surface area contributed by atoms with Crippen molar-refractivity contribution in [2.75, 3.05) is 0 Å². The molecule has 2 aromatic rings. The molecular formula is C19H20N2O2. The lowest BCUT2D eigenvalue weighted by molar-refractivity contribution is 0.0950. The van der Waals surface area contributed by atoms with Crippen LogP contribution < -0.4 is 10.2 Å². The van der Waals surface area contributed by atoms with Crippen molar-refractivity contribution < 1.29 is 9.53 Å². The zero-order valence-electron chi connectivity index (χ0n) is 13.2. The lowest BCUT2D eigenvalue weighted by atomic mass is 10.2. The molecule has 1 N–H and O–H groups in total. The van der Waals surface area contributed by atoms with Gasteiger partial charge >= 0.3 is 0 Å². The Morgan fingerprint density at radius 1 is 1.13 bits per heavy atom. The Morgan fingerprint density at radius 2 is 1.83 bits per heavy atom. The summed E-state index contributed by atoms with van der Waals surface area (Å²) in [5.74, 6) is 0.863. The van der Waals surface area contributed by atoms with E-state index in [-0.39, 0.29) is 5.91 Å². The van der Waals surface area contributed by atoms with Crippen LogP contribution in [0.3, 0.4) is 0 Å². The maximum Gasteiger partial charge on any atom is 0.275 e. The van der Waals surface area contributed by atoms with Gasteiger partial charge in [-0.15, -0.1) is 0 Å². The first kappa shape index (κ1) is 15.3. The summed E-state index contributed by atoms with van der Waals surface area (Å²) < 4.78 is 5.80. The smallest absolute Gasteiger partial charge is 0.275 e. The maximum atomic E-state index is 12.3. The standard InChI is InChI=1S/C19H20N2O2/c1-14(16-11-12-16)20-21-19(22)17-9-5-6-10-18(17)23-13-15-7-3-2-4-8-15/h2-10,16H,11-13H2,1H3,(H,21,22)/b20-14+. The monoisotopic (exact) mass is 308 g/mol. The summed E-state index contributed by atoms with van der Waals surface area (Å²) >= 11 is 0. The molecule has 0 radical (unpaired) electrons. The first-order valence-electron chi connectivity index (χ1n) is 7.84. The van der Waals surface area contributed by atoms with Gasteiger partial charge in [0.05, 0.1) is 5.56 Å². The second-order valence-electron chi connectivity index (χ2n) is 5.74. The minimum Gasteiger partial charge on any atom is -0.488 e. The van der Waals surface area contributed by atoms with Gasteiger partial charge in [-0.2, -0.15) is 5.10 Å². The number of hydrazone groups is 1. The molecule has 1 amide bonds. The van der Waals surface area contributed by atoms with Crippen molar-refractivity contribution in [2.45, 2.75) is 26.4 Å². The molecule has 0 aromatic heterocycles. The summed E-state index contributed by atoms with van der Waals surface area (Å²) in [6.07, 6.45) is 2.34. The van der Waals surface area contributed by atoms with Gasteiger partial charge in [0, 0.05) is 5.71 Å². The van der Waals surface area contributed by atoms with Crippen molar-refractivity contribution in [3.63, 3.8) is 0 Å². The predicted octanol–water partition coefficient (Wildman–Crippen LogP) is 3.78. The molecule has 0 aliphatic heterocycles. The molecule has 0 bridgehead atoms. The number of ether oxygens (including phenoxy) is 1. The topological polar surface area (TPSA) is 50.7 Å². The largest absolute Gasteiger partial charge is 0.488 e. The van der Waals surface area contributed by atoms with Crippen LogP contribution in [0.25, 0.3) is 0 Å². The highest BCUT2D eigenvalue weighted by Crippen LogP contribution is 2.30. The fraction of sp³-hybridized carbons (Fsp3) is 0.263. The molecular weight excluding hydrogens is 288 g/mol. The molecule has 1 fully saturated rings. The molecule has 1 aliphatic rings. The molecule has 1 saturated carbocycles. The minimum atomic E-state index is -0.242. The van der Waals surface area contributed by atoms with E-state index in [2.05, 4.69) is 10.5 Å². The molecule has 1 aliphatic carbocycles. The highest BCUT2D eigenvalue weighted by Gasteiger charge is 2.24. The lowest BCUT2D eigenvalue weighted by Gasteiger charge is -2.10. The number of hydrogen-bond donors (Lipinski definition) is 1. The third-order valence-electron chi connectivity index (χ3n) is 3.87. The van der Waals surface area contributed by atoms with Crippen LogP contribution in [0.15, 0.2) is 59.7 Å². The molecule has 118 valence electrons. The Labute approximate surface area is 136 Å². The number of amides is 1. The van der Waals surface area contributed by atoms with Gasteiger partial charge in [-0.05, 0) is 43.4 Å². The first-order valence-corrected chi connectivity index (χ1v) is 7.84. The summed E-state index contributed by atoms with van der Waals surface area (Å²) in [4.78, 5) is 12.3. The van der Waals surface area contributed by atoms with E-state index in [4.69, 9.17) is 4.74 Å². The third-order valence-corrected chi connectivity index (χ3v) is 3.87. The Morgan fingerprint density at radius 3 is 2.57 bits per heavy atom. The molecule has 0 spiro atoms. The van der Waals surface area contributed by atoms with E-state index in [1.807, 2.05) is 49.4 Å². The van der Waals surface area contributed by atoms with Crippen molar-refractivity contribution in [1.82, 2.24) is 5.43 Å². The molecule has 0 saturated heterocycles. The minimum absolute atomic E-state index is 0.242. The van der Waals surface area contributed by atoms with Crippen molar-refractivity contribution >= 4 is 11.6 Å². The molecule has 0 atom stereocenters. The maximum absolute atomic E-state index is 12.3. The molecule has 0 heterocycles. The second-order valence-corrected chi connectivity index (χ2v) is 5.74. The third kappa shape index (κ3) is 4.19. The van der Waals surface area contributed by atoms with Crippen molar-refractivity contribution in [1.29, 1.82) is 0 Å². The van der Waals surface area contributed by atoms with Gasteiger partial charge in [0.15, 0.2) is 0 Å². The quantitative estimate of drug-likeness (QED) is 0.652. The van der Waals surface area contributed by atoms with Crippen LogP contribution in [0, 0.1) is 5.92 Å². The SMILES string of the molecule is C/C(=N\NC(=O)c1ccccc1OCc1ccccc1)C1CC1. The Bertz CT molecular complexity index is 706. The first-order chi connectivity index (χ1) is 11.2. The van der Waals surface area contributed by atoms with E-state index < -0.39 is 0 Å². The van der Waals surface area contributed by atoms with Crippen LogP contribution in [0.4, 0.5) is 0 Å². The van der Waals surface area contributed by atoms with Crippen molar-refractivity contribution in [2.24, 2.45) is 11.0 Å². The van der Waals surface area contributed by atoms with Crippen LogP contribution in [-0.4, -0.2) is 11.6 Å². The van der Waals surface area contributed by atoms with Gasteiger partial charge < -0.3 is 4.74 Å². The Hall–Kier alpha value is -2.62. The van der Waals surface area contributed by atoms with Crippen LogP contribution in [0.5, 0.6) is 5.75 Å². The lowest BCUT2D eigenvalue weighted by Crippen LogP contribution is -2.20. The van der Waals surface area contributed by atoms with Crippen LogP contribution in [0.1, 0.15) is 35.7 Å². The number of benzene rings is 2. The zero-order valence-corrected chi connectivity index (χ0v) is 13.2. The van der Waals surface area contributed by atoms with Gasteiger partial charge in [-0.3, -0.25) is 4.79 Å². The number of nitrogens with zero attached hydrogens (tertiary/aromatic N) is 1. The molecule has 4 heteroatoms. The molecule has 0 unspecified atom stereocenters. The number of carbonyl (C=O) groups excluding carboxylic acids is 1.